The molecule has 1 fully saturated rings. The topological polar surface area (TPSA) is 56.1 Å². The van der Waals surface area contributed by atoms with Crippen LogP contribution in [0.25, 0.3) is 5.52 Å². The third-order valence-corrected chi connectivity index (χ3v) is 4.31. The first-order valence-electron chi connectivity index (χ1n) is 8.73. The van der Waals surface area contributed by atoms with Gasteiger partial charge in [0, 0.05) is 38.3 Å². The molecule has 0 atom stereocenters. The lowest BCUT2D eigenvalue weighted by atomic mass is 10.1. The van der Waals surface area contributed by atoms with Crippen LogP contribution in [0.5, 0.6) is 0 Å². The number of carbonyl (C=O) groups is 1. The molecule has 1 aliphatic heterocycles. The van der Waals surface area contributed by atoms with E-state index in [-0.39, 0.29) is 5.97 Å². The number of hydrogen-bond acceptors (Lipinski definition) is 5. The number of fused-ring (bicyclic) bond motifs is 1. The summed E-state index contributed by atoms with van der Waals surface area (Å²) in [6, 6.07) is 1.86. The minimum absolute atomic E-state index is 0.293. The summed E-state index contributed by atoms with van der Waals surface area (Å²) in [7, 11) is 0. The summed E-state index contributed by atoms with van der Waals surface area (Å²) in [5, 5.41) is 0. The predicted octanol–water partition coefficient (Wildman–Crippen LogP) is 2.91. The Labute approximate surface area is 142 Å². The van der Waals surface area contributed by atoms with Gasteiger partial charge in [0.15, 0.2) is 5.82 Å². The van der Waals surface area contributed by atoms with Crippen LogP contribution in [0.1, 0.15) is 43.5 Å². The third-order valence-electron chi connectivity index (χ3n) is 4.31. The number of carbonyl (C=O) groups excluding carboxylic acids is 1. The lowest BCUT2D eigenvalue weighted by Crippen LogP contribution is -2.37. The molecule has 0 spiro atoms. The molecular weight excluding hydrogens is 306 g/mol. The van der Waals surface area contributed by atoms with Crippen LogP contribution in [0.4, 0.5) is 5.82 Å². The summed E-state index contributed by atoms with van der Waals surface area (Å²) in [5.41, 5.74) is 1.50. The maximum Gasteiger partial charge on any atom is 0.339 e. The fourth-order valence-corrected chi connectivity index (χ4v) is 3.11. The number of piperidine rings is 1. The maximum absolute atomic E-state index is 12.0. The number of ether oxygens (including phenoxy) is 2. The molecule has 2 aromatic heterocycles. The van der Waals surface area contributed by atoms with Crippen LogP contribution in [0.15, 0.2) is 24.7 Å². The minimum atomic E-state index is -0.293. The lowest BCUT2D eigenvalue weighted by molar-refractivity contribution is 0.0374. The first-order valence-corrected chi connectivity index (χ1v) is 8.73. The maximum atomic E-state index is 12.0. The molecule has 6 heteroatoms. The monoisotopic (exact) mass is 331 g/mol. The molecule has 0 unspecified atom stereocenters. The molecule has 6 nitrogen and oxygen atoms in total. The van der Waals surface area contributed by atoms with Crippen LogP contribution in [0, 0.1) is 0 Å². The normalized spacial score (nSPS) is 15.8. The summed E-state index contributed by atoms with van der Waals surface area (Å²) < 4.78 is 12.9. The largest absolute Gasteiger partial charge is 0.462 e. The van der Waals surface area contributed by atoms with Crippen molar-refractivity contribution in [3.8, 4) is 0 Å². The standard InChI is InChI=1S/C18H25N3O3/c1-3-11-24-15-5-8-20(9-6-15)17-16-12-14(18(22)23-4-2)13-21(16)10-7-19-17/h7,10,12-13,15H,3-6,8-9,11H2,1-2H3. The third kappa shape index (κ3) is 3.53. The molecule has 24 heavy (non-hydrogen) atoms. The number of hydrogen-bond donors (Lipinski definition) is 0. The van der Waals surface area contributed by atoms with Gasteiger partial charge in [-0.25, -0.2) is 9.78 Å². The van der Waals surface area contributed by atoms with E-state index in [0.29, 0.717) is 18.3 Å². The highest BCUT2D eigenvalue weighted by molar-refractivity contribution is 5.92. The molecule has 0 aliphatic carbocycles. The molecule has 3 rings (SSSR count). The zero-order valence-corrected chi connectivity index (χ0v) is 14.4. The summed E-state index contributed by atoms with van der Waals surface area (Å²) >= 11 is 0. The second-order valence-electron chi connectivity index (χ2n) is 6.05. The number of nitrogens with zero attached hydrogens (tertiary/aromatic N) is 3. The molecule has 130 valence electrons. The van der Waals surface area contributed by atoms with E-state index in [2.05, 4.69) is 16.8 Å². The Morgan fingerprint density at radius 3 is 2.83 bits per heavy atom. The van der Waals surface area contributed by atoms with Crippen molar-refractivity contribution in [2.45, 2.75) is 39.2 Å². The van der Waals surface area contributed by atoms with Gasteiger partial charge in [-0.15, -0.1) is 0 Å². The van der Waals surface area contributed by atoms with Gasteiger partial charge in [-0.05, 0) is 32.3 Å². The van der Waals surface area contributed by atoms with Crippen molar-refractivity contribution in [3.05, 3.63) is 30.2 Å². The Bertz CT molecular complexity index is 690. The fourth-order valence-electron chi connectivity index (χ4n) is 3.11. The number of aromatic nitrogens is 2. The molecule has 0 saturated carbocycles. The van der Waals surface area contributed by atoms with Gasteiger partial charge in [-0.1, -0.05) is 6.92 Å². The quantitative estimate of drug-likeness (QED) is 0.762. The van der Waals surface area contributed by atoms with Crippen LogP contribution in [-0.4, -0.2) is 47.8 Å². The van der Waals surface area contributed by atoms with Gasteiger partial charge in [-0.3, -0.25) is 0 Å². The van der Waals surface area contributed by atoms with E-state index in [1.165, 1.54) is 0 Å². The lowest BCUT2D eigenvalue weighted by Gasteiger charge is -2.33. The van der Waals surface area contributed by atoms with Crippen molar-refractivity contribution in [3.63, 3.8) is 0 Å². The van der Waals surface area contributed by atoms with E-state index in [0.717, 1.165) is 50.3 Å². The zero-order valence-electron chi connectivity index (χ0n) is 14.4. The molecule has 3 heterocycles. The highest BCUT2D eigenvalue weighted by atomic mass is 16.5. The average molecular weight is 331 g/mol. The van der Waals surface area contributed by atoms with Gasteiger partial charge in [-0.2, -0.15) is 0 Å². The van der Waals surface area contributed by atoms with Gasteiger partial charge >= 0.3 is 5.97 Å². The molecule has 0 aromatic carbocycles. The number of rotatable bonds is 6. The van der Waals surface area contributed by atoms with Crippen LogP contribution in [0.3, 0.4) is 0 Å². The van der Waals surface area contributed by atoms with Gasteiger partial charge in [0.05, 0.1) is 23.8 Å². The highest BCUT2D eigenvalue weighted by Crippen LogP contribution is 2.25. The summed E-state index contributed by atoms with van der Waals surface area (Å²) in [5.74, 6) is 0.626. The van der Waals surface area contributed by atoms with Crippen molar-refractivity contribution in [2.75, 3.05) is 31.2 Å². The first-order chi connectivity index (χ1) is 11.7. The molecule has 1 saturated heterocycles. The highest BCUT2D eigenvalue weighted by Gasteiger charge is 2.22. The average Bonchev–Trinajstić information content (AvgIpc) is 3.05. The Hall–Kier alpha value is -2.08. The number of anilines is 1. The minimum Gasteiger partial charge on any atom is -0.462 e. The Balaban J connectivity index is 1.76. The van der Waals surface area contributed by atoms with Crippen LogP contribution in [0.2, 0.25) is 0 Å². The van der Waals surface area contributed by atoms with Gasteiger partial charge in [0.2, 0.25) is 0 Å². The van der Waals surface area contributed by atoms with E-state index in [9.17, 15) is 4.79 Å². The summed E-state index contributed by atoms with van der Waals surface area (Å²) in [6.45, 7) is 6.99. The second-order valence-corrected chi connectivity index (χ2v) is 6.05. The Morgan fingerprint density at radius 2 is 2.12 bits per heavy atom. The molecule has 0 bridgehead atoms. The molecule has 0 amide bonds. The van der Waals surface area contributed by atoms with Crippen molar-refractivity contribution in [2.24, 2.45) is 0 Å². The van der Waals surface area contributed by atoms with E-state index in [1.807, 2.05) is 23.6 Å². The fraction of sp³-hybridized carbons (Fsp3) is 0.556. The molecule has 1 aliphatic rings. The Kier molecular flexibility index (Phi) is 5.35. The van der Waals surface area contributed by atoms with Crippen molar-refractivity contribution >= 4 is 17.3 Å². The van der Waals surface area contributed by atoms with Gasteiger partial charge < -0.3 is 18.8 Å². The van der Waals surface area contributed by atoms with E-state index < -0.39 is 0 Å². The van der Waals surface area contributed by atoms with Crippen LogP contribution in [-0.2, 0) is 9.47 Å². The van der Waals surface area contributed by atoms with Crippen molar-refractivity contribution in [1.82, 2.24) is 9.38 Å². The van der Waals surface area contributed by atoms with E-state index >= 15 is 0 Å². The molecular formula is C18H25N3O3. The Morgan fingerprint density at radius 1 is 1.33 bits per heavy atom. The smallest absolute Gasteiger partial charge is 0.339 e. The number of esters is 1. The summed E-state index contributed by atoms with van der Waals surface area (Å²) in [4.78, 5) is 18.8. The SMILES string of the molecule is CCCOC1CCN(c2nccn3cc(C(=O)OCC)cc23)CC1. The first kappa shape index (κ1) is 16.8. The van der Waals surface area contributed by atoms with E-state index in [4.69, 9.17) is 9.47 Å². The van der Waals surface area contributed by atoms with Crippen LogP contribution >= 0.6 is 0 Å². The molecule has 0 N–H and O–H groups in total. The predicted molar refractivity (Wildman–Crippen MR) is 92.6 cm³/mol. The van der Waals surface area contributed by atoms with Crippen molar-refractivity contribution in [1.29, 1.82) is 0 Å². The van der Waals surface area contributed by atoms with Crippen LogP contribution < -0.4 is 4.90 Å². The molecule has 0 radical (unpaired) electrons. The van der Waals surface area contributed by atoms with Crippen molar-refractivity contribution < 1.29 is 14.3 Å². The van der Waals surface area contributed by atoms with E-state index in [1.54, 1.807) is 12.4 Å². The second kappa shape index (κ2) is 7.66. The summed E-state index contributed by atoms with van der Waals surface area (Å²) in [6.07, 6.45) is 8.86. The van der Waals surface area contributed by atoms with Gasteiger partial charge in [0.1, 0.15) is 0 Å². The van der Waals surface area contributed by atoms with Gasteiger partial charge in [0.25, 0.3) is 0 Å². The zero-order chi connectivity index (χ0) is 16.9. The molecule has 2 aromatic rings.